The molecule has 0 aliphatic heterocycles. The minimum Gasteiger partial charge on any atom is -0.491 e. The lowest BCUT2D eigenvalue weighted by Gasteiger charge is -2.30. The number of hydrazine groups is 1. The molecule has 1 aromatic rings. The number of benzene rings is 1. The molecule has 0 bridgehead atoms. The number of nitrogens with one attached hydrogen (secondary N) is 1. The largest absolute Gasteiger partial charge is 0.491 e. The molecule has 2 unspecified atom stereocenters. The summed E-state index contributed by atoms with van der Waals surface area (Å²) in [7, 11) is 0. The van der Waals surface area contributed by atoms with Gasteiger partial charge in [-0.25, -0.2) is 0 Å². The summed E-state index contributed by atoms with van der Waals surface area (Å²) in [4.78, 5) is 0. The van der Waals surface area contributed by atoms with E-state index in [-0.39, 0.29) is 17.6 Å². The predicted octanol–water partition coefficient (Wildman–Crippen LogP) is 4.05. The van der Waals surface area contributed by atoms with Crippen molar-refractivity contribution in [1.29, 1.82) is 0 Å². The highest BCUT2D eigenvalue weighted by atomic mass is 16.5. The Morgan fingerprint density at radius 2 is 1.85 bits per heavy atom. The Balaban J connectivity index is 2.84. The molecule has 0 saturated heterocycles. The SMILES string of the molecule is CC(C)Oc1cccc(C(CC(C)C(C)(C)C)NN)c1. The monoisotopic (exact) mass is 278 g/mol. The minimum absolute atomic E-state index is 0.153. The fourth-order valence-corrected chi connectivity index (χ4v) is 2.08. The summed E-state index contributed by atoms with van der Waals surface area (Å²) in [5.74, 6) is 7.23. The Hall–Kier alpha value is -1.06. The van der Waals surface area contributed by atoms with E-state index in [9.17, 15) is 0 Å². The van der Waals surface area contributed by atoms with Gasteiger partial charge in [-0.1, -0.05) is 39.8 Å². The van der Waals surface area contributed by atoms with Crippen LogP contribution in [-0.2, 0) is 0 Å². The van der Waals surface area contributed by atoms with E-state index in [0.29, 0.717) is 5.92 Å². The fourth-order valence-electron chi connectivity index (χ4n) is 2.08. The normalized spacial score (nSPS) is 15.2. The van der Waals surface area contributed by atoms with E-state index in [1.807, 2.05) is 26.0 Å². The summed E-state index contributed by atoms with van der Waals surface area (Å²) in [6.45, 7) is 13.1. The second-order valence-electron chi connectivity index (χ2n) is 6.96. The molecular formula is C17H30N2O. The third-order valence-corrected chi connectivity index (χ3v) is 3.90. The second kappa shape index (κ2) is 7.09. The first-order valence-electron chi connectivity index (χ1n) is 7.46. The van der Waals surface area contributed by atoms with Crippen molar-refractivity contribution < 1.29 is 4.74 Å². The molecular weight excluding hydrogens is 248 g/mol. The van der Waals surface area contributed by atoms with Gasteiger partial charge in [0.1, 0.15) is 5.75 Å². The molecule has 3 nitrogen and oxygen atoms in total. The summed E-state index contributed by atoms with van der Waals surface area (Å²) < 4.78 is 5.75. The van der Waals surface area contributed by atoms with Gasteiger partial charge in [-0.2, -0.15) is 0 Å². The Morgan fingerprint density at radius 1 is 1.20 bits per heavy atom. The average molecular weight is 278 g/mol. The van der Waals surface area contributed by atoms with Gasteiger partial charge in [0, 0.05) is 6.04 Å². The van der Waals surface area contributed by atoms with Crippen LogP contribution >= 0.6 is 0 Å². The maximum atomic E-state index is 5.76. The van der Waals surface area contributed by atoms with E-state index in [2.05, 4.69) is 45.3 Å². The van der Waals surface area contributed by atoms with E-state index in [4.69, 9.17) is 10.6 Å². The molecule has 0 fully saturated rings. The Morgan fingerprint density at radius 3 is 2.35 bits per heavy atom. The summed E-state index contributed by atoms with van der Waals surface area (Å²) in [5, 5.41) is 0. The zero-order valence-electron chi connectivity index (χ0n) is 13.7. The maximum absolute atomic E-state index is 5.76. The van der Waals surface area contributed by atoms with E-state index in [0.717, 1.165) is 12.2 Å². The van der Waals surface area contributed by atoms with Crippen LogP contribution in [0.15, 0.2) is 24.3 Å². The van der Waals surface area contributed by atoms with Crippen LogP contribution in [0.1, 0.15) is 59.6 Å². The van der Waals surface area contributed by atoms with Crippen molar-refractivity contribution in [3.63, 3.8) is 0 Å². The molecule has 2 atom stereocenters. The number of ether oxygens (including phenoxy) is 1. The maximum Gasteiger partial charge on any atom is 0.120 e. The average Bonchev–Trinajstić information content (AvgIpc) is 2.33. The quantitative estimate of drug-likeness (QED) is 0.609. The molecule has 0 aliphatic carbocycles. The van der Waals surface area contributed by atoms with Crippen molar-refractivity contribution in [2.45, 2.75) is 60.1 Å². The summed E-state index contributed by atoms with van der Waals surface area (Å²) in [6.07, 6.45) is 1.19. The van der Waals surface area contributed by atoms with Crippen LogP contribution in [0.3, 0.4) is 0 Å². The van der Waals surface area contributed by atoms with Crippen LogP contribution in [0.25, 0.3) is 0 Å². The van der Waals surface area contributed by atoms with Gasteiger partial charge in [0.2, 0.25) is 0 Å². The van der Waals surface area contributed by atoms with Gasteiger partial charge < -0.3 is 4.74 Å². The van der Waals surface area contributed by atoms with Crippen molar-refractivity contribution in [2.24, 2.45) is 17.2 Å². The van der Waals surface area contributed by atoms with Gasteiger partial charge in [-0.3, -0.25) is 11.3 Å². The molecule has 0 aromatic heterocycles. The Kier molecular flexibility index (Phi) is 6.03. The van der Waals surface area contributed by atoms with Crippen molar-refractivity contribution in [1.82, 2.24) is 5.43 Å². The van der Waals surface area contributed by atoms with Crippen LogP contribution in [0.5, 0.6) is 5.75 Å². The van der Waals surface area contributed by atoms with Gasteiger partial charge in [-0.15, -0.1) is 0 Å². The molecule has 1 aromatic carbocycles. The fraction of sp³-hybridized carbons (Fsp3) is 0.647. The van der Waals surface area contributed by atoms with Crippen LogP contribution < -0.4 is 16.0 Å². The van der Waals surface area contributed by atoms with Gasteiger partial charge in [0.25, 0.3) is 0 Å². The highest BCUT2D eigenvalue weighted by Crippen LogP contribution is 2.33. The van der Waals surface area contributed by atoms with Crippen molar-refractivity contribution in [3.8, 4) is 5.75 Å². The third-order valence-electron chi connectivity index (χ3n) is 3.90. The zero-order chi connectivity index (χ0) is 15.3. The molecule has 20 heavy (non-hydrogen) atoms. The lowest BCUT2D eigenvalue weighted by Crippen LogP contribution is -2.32. The summed E-state index contributed by atoms with van der Waals surface area (Å²) in [6, 6.07) is 8.36. The lowest BCUT2D eigenvalue weighted by molar-refractivity contribution is 0.222. The molecule has 0 amide bonds. The lowest BCUT2D eigenvalue weighted by atomic mass is 9.77. The first kappa shape index (κ1) is 17.0. The number of hydrogen-bond acceptors (Lipinski definition) is 3. The van der Waals surface area contributed by atoms with Crippen LogP contribution in [0.4, 0.5) is 0 Å². The van der Waals surface area contributed by atoms with Crippen molar-refractivity contribution in [2.75, 3.05) is 0 Å². The Labute approximate surface area is 123 Å². The summed E-state index contributed by atoms with van der Waals surface area (Å²) in [5.41, 5.74) is 4.41. The zero-order valence-corrected chi connectivity index (χ0v) is 13.7. The van der Waals surface area contributed by atoms with E-state index in [1.54, 1.807) is 0 Å². The number of hydrogen-bond donors (Lipinski definition) is 2. The van der Waals surface area contributed by atoms with Crippen molar-refractivity contribution in [3.05, 3.63) is 29.8 Å². The third kappa shape index (κ3) is 5.14. The first-order valence-corrected chi connectivity index (χ1v) is 7.46. The molecule has 0 spiro atoms. The predicted molar refractivity (Wildman–Crippen MR) is 85.5 cm³/mol. The molecule has 0 saturated carbocycles. The highest BCUT2D eigenvalue weighted by Gasteiger charge is 2.24. The first-order chi connectivity index (χ1) is 9.24. The van der Waals surface area contributed by atoms with E-state index in [1.165, 1.54) is 5.56 Å². The Bertz CT molecular complexity index is 410. The highest BCUT2D eigenvalue weighted by molar-refractivity contribution is 5.30. The van der Waals surface area contributed by atoms with Crippen molar-refractivity contribution >= 4 is 0 Å². The molecule has 3 heteroatoms. The standard InChI is InChI=1S/C17H30N2O/c1-12(2)20-15-9-7-8-14(11-15)16(19-18)10-13(3)17(4,5)6/h7-9,11-13,16,19H,10,18H2,1-6H3. The smallest absolute Gasteiger partial charge is 0.120 e. The van der Waals surface area contributed by atoms with Gasteiger partial charge >= 0.3 is 0 Å². The topological polar surface area (TPSA) is 47.3 Å². The molecule has 3 N–H and O–H groups in total. The minimum atomic E-state index is 0.153. The molecule has 1 rings (SSSR count). The molecule has 0 aliphatic rings. The van der Waals surface area contributed by atoms with E-state index < -0.39 is 0 Å². The summed E-state index contributed by atoms with van der Waals surface area (Å²) >= 11 is 0. The van der Waals surface area contributed by atoms with E-state index >= 15 is 0 Å². The van der Waals surface area contributed by atoms with Gasteiger partial charge in [0.15, 0.2) is 0 Å². The molecule has 114 valence electrons. The van der Waals surface area contributed by atoms with Gasteiger partial charge in [0.05, 0.1) is 6.10 Å². The number of nitrogens with two attached hydrogens (primary N) is 1. The van der Waals surface area contributed by atoms with Crippen LogP contribution in [-0.4, -0.2) is 6.10 Å². The van der Waals surface area contributed by atoms with Crippen LogP contribution in [0, 0.1) is 11.3 Å². The van der Waals surface area contributed by atoms with Gasteiger partial charge in [-0.05, 0) is 49.3 Å². The number of rotatable bonds is 6. The molecule has 0 radical (unpaired) electrons. The molecule has 0 heterocycles. The second-order valence-corrected chi connectivity index (χ2v) is 6.96. The van der Waals surface area contributed by atoms with Crippen LogP contribution in [0.2, 0.25) is 0 Å².